The number of benzene rings is 1. The third-order valence-corrected chi connectivity index (χ3v) is 10.7. The van der Waals surface area contributed by atoms with Crippen molar-refractivity contribution in [2.24, 2.45) is 16.5 Å². The fourth-order valence-corrected chi connectivity index (χ4v) is 6.63. The first-order valence-electron chi connectivity index (χ1n) is 22.7. The summed E-state index contributed by atoms with van der Waals surface area (Å²) < 4.78 is 43.5. The molecule has 0 unspecified atom stereocenters. The Bertz CT molecular complexity index is 2230. The molecular formula is C48H68F3N10O6+. The Morgan fingerprint density at radius 1 is 0.985 bits per heavy atom. The van der Waals surface area contributed by atoms with E-state index in [1.807, 2.05) is 13.0 Å². The van der Waals surface area contributed by atoms with Crippen LogP contribution in [0, 0.1) is 0 Å². The zero-order valence-electron chi connectivity index (χ0n) is 39.3. The van der Waals surface area contributed by atoms with Crippen LogP contribution in [0.4, 0.5) is 23.7 Å². The first-order chi connectivity index (χ1) is 31.9. The lowest BCUT2D eigenvalue weighted by atomic mass is 10.1. The van der Waals surface area contributed by atoms with Crippen molar-refractivity contribution in [1.29, 1.82) is 0 Å². The van der Waals surface area contributed by atoms with Gasteiger partial charge in [-0.3, -0.25) is 14.6 Å². The number of nitrogens with two attached hydrogens (primary N) is 3. The molecule has 19 heteroatoms. The van der Waals surface area contributed by atoms with E-state index in [-0.39, 0.29) is 72.6 Å². The SMILES string of the molecule is CCC1=CC(N)=CC=C(n2cc(/C(C)=C/N=C(C)C(=O)Nc3ccc(C(=O)N4CCN(C(=O)NCCCC(/C=C\[NH2+]CC(=O)O)=C/CCCCN)CC4)c(O)c3)c(C(F)(F)F)n2)C1.CCCC. The Hall–Kier alpha value is -6.47. The lowest BCUT2D eigenvalue weighted by Crippen LogP contribution is -2.80. The molecule has 0 saturated carbocycles. The topological polar surface area (TPSA) is 238 Å². The lowest BCUT2D eigenvalue weighted by molar-refractivity contribution is -0.577. The minimum atomic E-state index is -4.77. The van der Waals surface area contributed by atoms with Crippen LogP contribution >= 0.6 is 0 Å². The van der Waals surface area contributed by atoms with Crippen molar-refractivity contribution in [2.45, 2.75) is 98.6 Å². The van der Waals surface area contributed by atoms with Gasteiger partial charge in [0.05, 0.1) is 11.8 Å². The number of halogens is 3. The van der Waals surface area contributed by atoms with Crippen molar-refractivity contribution in [1.82, 2.24) is 24.9 Å². The predicted molar refractivity (Wildman–Crippen MR) is 256 cm³/mol. The number of rotatable bonds is 20. The highest BCUT2D eigenvalue weighted by atomic mass is 19.4. The van der Waals surface area contributed by atoms with Crippen molar-refractivity contribution in [3.8, 4) is 5.75 Å². The van der Waals surface area contributed by atoms with Crippen LogP contribution in [0.2, 0.25) is 0 Å². The summed E-state index contributed by atoms with van der Waals surface area (Å²) in [5, 5.41) is 30.6. The first kappa shape index (κ1) is 54.9. The minimum absolute atomic E-state index is 0.00148. The number of aliphatic carboxylic acids is 1. The number of aliphatic imine (C=N–C) groups is 1. The number of nitrogens with one attached hydrogen (secondary N) is 2. The van der Waals surface area contributed by atoms with Crippen LogP contribution in [0.25, 0.3) is 11.3 Å². The predicted octanol–water partition coefficient (Wildman–Crippen LogP) is 6.76. The molecule has 1 saturated heterocycles. The quantitative estimate of drug-likeness (QED) is 0.0421. The minimum Gasteiger partial charge on any atom is -0.507 e. The lowest BCUT2D eigenvalue weighted by Gasteiger charge is -2.34. The molecule has 2 heterocycles. The summed E-state index contributed by atoms with van der Waals surface area (Å²) in [6.45, 7) is 11.1. The first-order valence-corrected chi connectivity index (χ1v) is 22.7. The zero-order chi connectivity index (χ0) is 49.5. The van der Waals surface area contributed by atoms with Gasteiger partial charge in [0.2, 0.25) is 0 Å². The van der Waals surface area contributed by atoms with E-state index in [0.29, 0.717) is 50.2 Å². The summed E-state index contributed by atoms with van der Waals surface area (Å²) in [4.78, 5) is 57.3. The van der Waals surface area contributed by atoms with Crippen LogP contribution in [0.3, 0.4) is 0 Å². The Morgan fingerprint density at radius 2 is 1.69 bits per heavy atom. The second kappa shape index (κ2) is 27.9. The summed E-state index contributed by atoms with van der Waals surface area (Å²) in [6.07, 6.45) is 16.1. The van der Waals surface area contributed by atoms with Gasteiger partial charge in [0, 0.05) is 80.3 Å². The largest absolute Gasteiger partial charge is 0.507 e. The number of anilines is 1. The van der Waals surface area contributed by atoms with E-state index in [4.69, 9.17) is 16.6 Å². The number of phenolic OH excluding ortho intramolecular Hbond substituents is 1. The molecule has 0 spiro atoms. The molecule has 1 aromatic carbocycles. The van der Waals surface area contributed by atoms with Gasteiger partial charge < -0.3 is 47.4 Å². The van der Waals surface area contributed by atoms with Crippen LogP contribution in [-0.2, 0) is 15.8 Å². The molecule has 4 rings (SSSR count). The number of carboxylic acids is 1. The molecule has 366 valence electrons. The monoisotopic (exact) mass is 938 g/mol. The summed E-state index contributed by atoms with van der Waals surface area (Å²) in [6, 6.07) is 3.75. The zero-order valence-corrected chi connectivity index (χ0v) is 39.3. The highest BCUT2D eigenvalue weighted by Gasteiger charge is 2.38. The standard InChI is InChI=1S/C44H57F3N10O6.C4H10/c1-4-31-23-33(49)11-13-35(24-31)57-28-37(40(54-57)44(45,46)47)29(2)26-52-30(3)41(61)53-34-12-14-36(38(58)25-34)42(62)55-19-21-56(22-20-55)43(63)51-17-8-10-32(9-6-5-7-16-48)15-18-50-27-39(59)60;1-3-4-2/h9,11-15,18,23,25-26,28,50,58H,4-8,10,16-17,19-22,24,27,48-49H2,1-3H3,(H,51,63)(H,53,61)(H,59,60);3-4H2,1-2H3/p+1/b18-15-,29-26+,32-9-,52-30?;. The summed E-state index contributed by atoms with van der Waals surface area (Å²) in [5.74, 6) is -2.44. The van der Waals surface area contributed by atoms with Gasteiger partial charge in [-0.2, -0.15) is 18.3 Å². The number of alkyl halides is 3. The molecule has 67 heavy (non-hydrogen) atoms. The number of quaternary nitrogens is 1. The number of allylic oxidation sites excluding steroid dienone is 9. The van der Waals surface area contributed by atoms with Crippen molar-refractivity contribution in [3.05, 3.63) is 101 Å². The molecule has 1 aliphatic heterocycles. The smallest absolute Gasteiger partial charge is 0.435 e. The average molecular weight is 938 g/mol. The Kier molecular flexibility index (Phi) is 22.8. The van der Waals surface area contributed by atoms with Crippen LogP contribution in [0.1, 0.15) is 114 Å². The van der Waals surface area contributed by atoms with Crippen molar-refractivity contribution in [2.75, 3.05) is 51.1 Å². The second-order valence-corrected chi connectivity index (χ2v) is 16.1. The maximum atomic E-state index is 14.1. The number of hydrogen-bond acceptors (Lipinski definition) is 9. The van der Waals surface area contributed by atoms with E-state index in [9.17, 15) is 37.5 Å². The number of aromatic hydroxyl groups is 1. The number of amides is 4. The van der Waals surface area contributed by atoms with Crippen molar-refractivity contribution >= 4 is 46.5 Å². The van der Waals surface area contributed by atoms with Crippen molar-refractivity contribution < 1.29 is 47.9 Å². The Labute approximate surface area is 391 Å². The van der Waals surface area contributed by atoms with E-state index in [1.165, 1.54) is 60.7 Å². The molecule has 2 aromatic rings. The van der Waals surface area contributed by atoms with Crippen LogP contribution in [0.15, 0.2) is 89.0 Å². The fourth-order valence-electron chi connectivity index (χ4n) is 6.63. The molecule has 1 fully saturated rings. The van der Waals surface area contributed by atoms with Gasteiger partial charge in [0.1, 0.15) is 11.5 Å². The number of carboxylic acid groups (broad SMARTS) is 1. The number of hydrogen-bond donors (Lipinski definition) is 7. The molecule has 10 N–H and O–H groups in total. The van der Waals surface area contributed by atoms with Gasteiger partial charge in [-0.25, -0.2) is 14.3 Å². The number of aromatic nitrogens is 2. The number of phenols is 1. The highest BCUT2D eigenvalue weighted by Crippen LogP contribution is 2.35. The normalized spacial score (nSPS) is 15.0. The Balaban J connectivity index is 0.00000285. The number of piperazine rings is 1. The van der Waals surface area contributed by atoms with E-state index < -0.39 is 29.7 Å². The van der Waals surface area contributed by atoms with E-state index in [1.54, 1.807) is 34.6 Å². The molecule has 1 aliphatic carbocycles. The highest BCUT2D eigenvalue weighted by molar-refractivity contribution is 6.42. The fraction of sp³-hybridized carbons (Fsp3) is 0.458. The van der Waals surface area contributed by atoms with Gasteiger partial charge in [0.25, 0.3) is 11.8 Å². The summed E-state index contributed by atoms with van der Waals surface area (Å²) in [5.41, 5.74) is 13.4. The molecule has 4 amide bonds. The molecule has 0 radical (unpaired) electrons. The number of carbonyl (C=O) groups excluding carboxylic acids is 3. The third-order valence-electron chi connectivity index (χ3n) is 10.7. The number of nitrogens with zero attached hydrogens (tertiary/aromatic N) is 5. The van der Waals surface area contributed by atoms with E-state index in [0.717, 1.165) is 36.6 Å². The maximum Gasteiger partial charge on any atom is 0.435 e. The van der Waals surface area contributed by atoms with Gasteiger partial charge in [0.15, 0.2) is 12.2 Å². The van der Waals surface area contributed by atoms with Crippen LogP contribution < -0.4 is 27.4 Å². The Morgan fingerprint density at radius 3 is 2.31 bits per heavy atom. The number of carbonyl (C=O) groups is 4. The molecule has 0 bridgehead atoms. The molecule has 0 atom stereocenters. The van der Waals surface area contributed by atoms with E-state index in [2.05, 4.69) is 40.6 Å². The number of unbranched alkanes of at least 4 members (excludes halogenated alkanes) is 3. The molecule has 16 nitrogen and oxygen atoms in total. The van der Waals surface area contributed by atoms with Gasteiger partial charge in [-0.15, -0.1) is 0 Å². The van der Waals surface area contributed by atoms with Crippen LogP contribution in [-0.4, -0.2) is 105 Å². The maximum absolute atomic E-state index is 14.1. The molecule has 2 aliphatic rings. The molecule has 1 aromatic heterocycles. The second-order valence-electron chi connectivity index (χ2n) is 16.1. The third kappa shape index (κ3) is 18.4. The molecular weight excluding hydrogens is 870 g/mol. The number of urea groups is 1. The van der Waals surface area contributed by atoms with Gasteiger partial charge in [-0.1, -0.05) is 45.3 Å². The van der Waals surface area contributed by atoms with Crippen molar-refractivity contribution in [3.63, 3.8) is 0 Å². The van der Waals surface area contributed by atoms with Crippen LogP contribution in [0.5, 0.6) is 5.75 Å². The summed E-state index contributed by atoms with van der Waals surface area (Å²) >= 11 is 0. The average Bonchev–Trinajstić information content (AvgIpc) is 3.68. The van der Waals surface area contributed by atoms with Gasteiger partial charge in [-0.05, 0) is 107 Å². The summed E-state index contributed by atoms with van der Waals surface area (Å²) in [7, 11) is 0. The van der Waals surface area contributed by atoms with Gasteiger partial charge >= 0.3 is 18.2 Å². The van der Waals surface area contributed by atoms with E-state index >= 15 is 0 Å².